The molecule has 2 aromatic heterocycles. The van der Waals surface area contributed by atoms with Gasteiger partial charge in [0.25, 0.3) is 0 Å². The number of aryl methyl sites for hydroxylation is 4. The normalized spacial score (nSPS) is 19.5. The fourth-order valence-corrected chi connectivity index (χ4v) is 6.13. The Hall–Kier alpha value is -3.13. The number of hydrogen-bond donors (Lipinski definition) is 0. The Bertz CT molecular complexity index is 1290. The van der Waals surface area contributed by atoms with Gasteiger partial charge in [0.05, 0.1) is 12.2 Å². The molecule has 36 heavy (non-hydrogen) atoms. The summed E-state index contributed by atoms with van der Waals surface area (Å²) in [5, 5.41) is 9.75. The first-order valence-electron chi connectivity index (χ1n) is 13.3. The van der Waals surface area contributed by atoms with Gasteiger partial charge in [0.1, 0.15) is 0 Å². The van der Waals surface area contributed by atoms with Crippen LogP contribution in [0.5, 0.6) is 0 Å². The molecule has 1 fully saturated rings. The van der Waals surface area contributed by atoms with Crippen LogP contribution in [-0.4, -0.2) is 56.7 Å². The van der Waals surface area contributed by atoms with E-state index in [9.17, 15) is 4.79 Å². The third-order valence-corrected chi connectivity index (χ3v) is 8.11. The first-order chi connectivity index (χ1) is 17.5. The molecular weight excluding hydrogens is 452 g/mol. The van der Waals surface area contributed by atoms with Crippen LogP contribution in [0.25, 0.3) is 11.1 Å². The summed E-state index contributed by atoms with van der Waals surface area (Å²) in [4.78, 5) is 16.6. The average Bonchev–Trinajstić information content (AvgIpc) is 3.60. The van der Waals surface area contributed by atoms with Crippen LogP contribution in [0.4, 0.5) is 11.5 Å². The largest absolute Gasteiger partial charge is 0.381 e. The summed E-state index contributed by atoms with van der Waals surface area (Å²) in [5.74, 6) is 1.79. The Morgan fingerprint density at radius 3 is 2.83 bits per heavy atom. The molecule has 8 heteroatoms. The maximum absolute atomic E-state index is 12.3. The van der Waals surface area contributed by atoms with Crippen LogP contribution in [0.15, 0.2) is 24.4 Å². The molecule has 0 unspecified atom stereocenters. The van der Waals surface area contributed by atoms with Crippen molar-refractivity contribution in [3.63, 3.8) is 0 Å². The molecule has 0 aliphatic carbocycles. The zero-order chi connectivity index (χ0) is 24.8. The monoisotopic (exact) mass is 488 g/mol. The third kappa shape index (κ3) is 4.21. The number of ether oxygens (including phenoxy) is 1. The van der Waals surface area contributed by atoms with Crippen LogP contribution >= 0.6 is 0 Å². The number of nitrogens with zero attached hydrogens (tertiary/aromatic N) is 6. The lowest BCUT2D eigenvalue weighted by atomic mass is 9.96. The molecule has 0 bridgehead atoms. The average molecular weight is 489 g/mol. The van der Waals surface area contributed by atoms with Gasteiger partial charge in [-0.25, -0.2) is 0 Å². The van der Waals surface area contributed by atoms with E-state index in [2.05, 4.69) is 46.0 Å². The Labute approximate surface area is 212 Å². The summed E-state index contributed by atoms with van der Waals surface area (Å²) in [6.07, 6.45) is 7.34. The van der Waals surface area contributed by atoms with Crippen molar-refractivity contribution in [2.45, 2.75) is 59.0 Å². The number of carbonyl (C=O) groups is 1. The van der Waals surface area contributed by atoms with E-state index in [1.54, 1.807) is 6.92 Å². The highest BCUT2D eigenvalue weighted by molar-refractivity contribution is 5.76. The van der Waals surface area contributed by atoms with Crippen molar-refractivity contribution in [3.8, 4) is 11.1 Å². The van der Waals surface area contributed by atoms with E-state index in [1.165, 1.54) is 33.6 Å². The summed E-state index contributed by atoms with van der Waals surface area (Å²) in [6.45, 7) is 8.76. The summed E-state index contributed by atoms with van der Waals surface area (Å²) in [6, 6.07) is 6.80. The van der Waals surface area contributed by atoms with Gasteiger partial charge in [0.2, 0.25) is 5.91 Å². The molecule has 5 heterocycles. The SMILES string of the molecule is CC(=O)N1CCc2c(c(N3CCCc4cc(-c5cn(C)nc5C)ccc43)nn2CC[C@H]2CCOC2)C1. The molecule has 3 aliphatic rings. The predicted molar refractivity (Wildman–Crippen MR) is 139 cm³/mol. The van der Waals surface area contributed by atoms with Crippen LogP contribution in [0.3, 0.4) is 0 Å². The van der Waals surface area contributed by atoms with E-state index in [0.717, 1.165) is 76.5 Å². The number of rotatable bonds is 5. The van der Waals surface area contributed by atoms with Gasteiger partial charge in [-0.1, -0.05) is 6.07 Å². The van der Waals surface area contributed by atoms with Crippen molar-refractivity contribution in [2.24, 2.45) is 13.0 Å². The molecule has 1 aromatic carbocycles. The second-order valence-corrected chi connectivity index (χ2v) is 10.6. The molecule has 190 valence electrons. The predicted octanol–water partition coefficient (Wildman–Crippen LogP) is 4.01. The number of aromatic nitrogens is 4. The second-order valence-electron chi connectivity index (χ2n) is 10.6. The van der Waals surface area contributed by atoms with Crippen molar-refractivity contribution in [1.29, 1.82) is 0 Å². The van der Waals surface area contributed by atoms with Crippen LogP contribution < -0.4 is 4.90 Å². The van der Waals surface area contributed by atoms with Crippen molar-refractivity contribution >= 4 is 17.4 Å². The van der Waals surface area contributed by atoms with Crippen LogP contribution in [0, 0.1) is 12.8 Å². The molecule has 1 atom stereocenters. The van der Waals surface area contributed by atoms with Gasteiger partial charge < -0.3 is 14.5 Å². The lowest BCUT2D eigenvalue weighted by Gasteiger charge is -2.32. The number of amides is 1. The fraction of sp³-hybridized carbons (Fsp3) is 0.536. The maximum atomic E-state index is 12.3. The van der Waals surface area contributed by atoms with Gasteiger partial charge in [0, 0.05) is 81.9 Å². The van der Waals surface area contributed by atoms with E-state index in [0.29, 0.717) is 12.5 Å². The molecule has 8 nitrogen and oxygen atoms in total. The molecule has 0 radical (unpaired) electrons. The number of carbonyl (C=O) groups excluding carboxylic acids is 1. The van der Waals surface area contributed by atoms with Crippen molar-refractivity contribution < 1.29 is 9.53 Å². The molecule has 0 saturated carbocycles. The highest BCUT2D eigenvalue weighted by Crippen LogP contribution is 2.39. The van der Waals surface area contributed by atoms with Crippen LogP contribution in [0.1, 0.15) is 48.7 Å². The van der Waals surface area contributed by atoms with Gasteiger partial charge in [-0.3, -0.25) is 14.2 Å². The molecule has 6 rings (SSSR count). The van der Waals surface area contributed by atoms with Gasteiger partial charge in [-0.05, 0) is 61.8 Å². The Morgan fingerprint density at radius 2 is 2.08 bits per heavy atom. The van der Waals surface area contributed by atoms with Gasteiger partial charge in [-0.2, -0.15) is 10.2 Å². The molecule has 1 saturated heterocycles. The van der Waals surface area contributed by atoms with Crippen molar-refractivity contribution in [2.75, 3.05) is 31.2 Å². The number of anilines is 2. The Kier molecular flexibility index (Phi) is 6.07. The van der Waals surface area contributed by atoms with Gasteiger partial charge >= 0.3 is 0 Å². The first-order valence-corrected chi connectivity index (χ1v) is 13.3. The van der Waals surface area contributed by atoms with E-state index in [4.69, 9.17) is 9.84 Å². The van der Waals surface area contributed by atoms with Crippen molar-refractivity contribution in [3.05, 3.63) is 46.9 Å². The molecule has 3 aliphatic heterocycles. The molecular formula is C28H36N6O2. The topological polar surface area (TPSA) is 68.4 Å². The van der Waals surface area contributed by atoms with E-state index < -0.39 is 0 Å². The number of hydrogen-bond acceptors (Lipinski definition) is 5. The molecule has 3 aromatic rings. The fourth-order valence-electron chi connectivity index (χ4n) is 6.13. The van der Waals surface area contributed by atoms with E-state index in [1.807, 2.05) is 16.6 Å². The van der Waals surface area contributed by atoms with E-state index in [-0.39, 0.29) is 5.91 Å². The highest BCUT2D eigenvalue weighted by Gasteiger charge is 2.31. The summed E-state index contributed by atoms with van der Waals surface area (Å²) < 4.78 is 9.72. The molecule has 1 amide bonds. The van der Waals surface area contributed by atoms with Crippen LogP contribution in [0.2, 0.25) is 0 Å². The van der Waals surface area contributed by atoms with Crippen molar-refractivity contribution in [1.82, 2.24) is 24.5 Å². The highest BCUT2D eigenvalue weighted by atomic mass is 16.5. The minimum Gasteiger partial charge on any atom is -0.381 e. The second kappa shape index (κ2) is 9.39. The zero-order valence-electron chi connectivity index (χ0n) is 21.7. The maximum Gasteiger partial charge on any atom is 0.219 e. The molecule has 0 spiro atoms. The zero-order valence-corrected chi connectivity index (χ0v) is 21.7. The smallest absolute Gasteiger partial charge is 0.219 e. The van der Waals surface area contributed by atoms with Gasteiger partial charge in [0.15, 0.2) is 5.82 Å². The lowest BCUT2D eigenvalue weighted by molar-refractivity contribution is -0.129. The Balaban J connectivity index is 1.36. The first kappa shape index (κ1) is 23.3. The number of benzene rings is 1. The summed E-state index contributed by atoms with van der Waals surface area (Å²) in [5.41, 5.74) is 8.57. The third-order valence-electron chi connectivity index (χ3n) is 8.11. The minimum atomic E-state index is 0.137. The standard InChI is InChI=1S/C28H36N6O2/c1-19-24(16-31(3)29-19)22-6-7-26-23(15-22)5-4-11-33(26)28-25-17-32(20(2)35)12-9-27(25)34(30-28)13-8-21-10-14-36-18-21/h6-7,15-16,21H,4-5,8-14,17-18H2,1-3H3/t21-/m0/s1. The summed E-state index contributed by atoms with van der Waals surface area (Å²) in [7, 11) is 1.97. The lowest BCUT2D eigenvalue weighted by Crippen LogP contribution is -2.35. The molecule has 0 N–H and O–H groups in total. The quantitative estimate of drug-likeness (QED) is 0.543. The summed E-state index contributed by atoms with van der Waals surface area (Å²) >= 11 is 0. The number of fused-ring (bicyclic) bond motifs is 2. The van der Waals surface area contributed by atoms with E-state index >= 15 is 0 Å². The minimum absolute atomic E-state index is 0.137. The Morgan fingerprint density at radius 1 is 1.19 bits per heavy atom. The van der Waals surface area contributed by atoms with Gasteiger partial charge in [-0.15, -0.1) is 0 Å². The van der Waals surface area contributed by atoms with Crippen LogP contribution in [-0.2, 0) is 42.5 Å².